The number of ether oxygens (including phenoxy) is 1. The number of hydrogen-bond acceptors (Lipinski definition) is 4. The minimum absolute atomic E-state index is 0.0849. The Bertz CT molecular complexity index is 604. The van der Waals surface area contributed by atoms with E-state index in [0.29, 0.717) is 5.57 Å². The van der Waals surface area contributed by atoms with Crippen LogP contribution in [0.15, 0.2) is 41.6 Å². The van der Waals surface area contributed by atoms with Gasteiger partial charge in [-0.2, -0.15) is 0 Å². The van der Waals surface area contributed by atoms with Gasteiger partial charge in [0.2, 0.25) is 11.8 Å². The fraction of sp³-hybridized carbons (Fsp3) is 0.353. The van der Waals surface area contributed by atoms with Crippen LogP contribution in [0.2, 0.25) is 0 Å². The van der Waals surface area contributed by atoms with Gasteiger partial charge in [0.05, 0.1) is 13.5 Å². The highest BCUT2D eigenvalue weighted by atomic mass is 16.5. The molecule has 0 saturated heterocycles. The number of hydrogen-bond donors (Lipinski definition) is 2. The number of nitrogens with one attached hydrogen (secondary N) is 2. The summed E-state index contributed by atoms with van der Waals surface area (Å²) in [5.74, 6) is -1.37. The number of rotatable bonds is 6. The molecule has 0 saturated carbocycles. The van der Waals surface area contributed by atoms with Crippen LogP contribution in [-0.2, 0) is 25.5 Å². The van der Waals surface area contributed by atoms with Crippen LogP contribution < -0.4 is 10.6 Å². The van der Waals surface area contributed by atoms with E-state index in [0.717, 1.165) is 5.56 Å². The topological polar surface area (TPSA) is 84.5 Å². The first-order valence-corrected chi connectivity index (χ1v) is 7.25. The Hall–Kier alpha value is -2.63. The highest BCUT2D eigenvalue weighted by Crippen LogP contribution is 2.03. The first kappa shape index (κ1) is 18.4. The lowest BCUT2D eigenvalue weighted by Crippen LogP contribution is -2.46. The van der Waals surface area contributed by atoms with Gasteiger partial charge in [0, 0.05) is 0 Å². The van der Waals surface area contributed by atoms with Crippen LogP contribution in [0.25, 0.3) is 0 Å². The molecule has 0 radical (unpaired) electrons. The minimum atomic E-state index is -0.773. The lowest BCUT2D eigenvalue weighted by atomic mass is 10.1. The van der Waals surface area contributed by atoms with E-state index in [2.05, 4.69) is 15.4 Å². The Kier molecular flexibility index (Phi) is 6.99. The maximum atomic E-state index is 12.1. The number of carbonyl (C=O) groups excluding carboxylic acids is 3. The zero-order chi connectivity index (χ0) is 17.4. The molecular weight excluding hydrogens is 296 g/mol. The third kappa shape index (κ3) is 5.94. The van der Waals surface area contributed by atoms with E-state index < -0.39 is 17.9 Å². The summed E-state index contributed by atoms with van der Waals surface area (Å²) in [4.78, 5) is 35.6. The molecule has 0 heterocycles. The van der Waals surface area contributed by atoms with E-state index in [1.165, 1.54) is 7.11 Å². The number of benzene rings is 1. The molecular formula is C17H22N2O4. The van der Waals surface area contributed by atoms with Crippen LogP contribution in [0.4, 0.5) is 0 Å². The number of amides is 2. The predicted molar refractivity (Wildman–Crippen MR) is 86.3 cm³/mol. The maximum absolute atomic E-state index is 12.1. The molecule has 0 aromatic heterocycles. The summed E-state index contributed by atoms with van der Waals surface area (Å²) in [7, 11) is 1.24. The van der Waals surface area contributed by atoms with Crippen molar-refractivity contribution in [2.45, 2.75) is 33.2 Å². The van der Waals surface area contributed by atoms with Crippen molar-refractivity contribution in [1.29, 1.82) is 0 Å². The van der Waals surface area contributed by atoms with Crippen molar-refractivity contribution < 1.29 is 19.1 Å². The van der Waals surface area contributed by atoms with E-state index in [1.807, 2.05) is 30.3 Å². The van der Waals surface area contributed by atoms with Gasteiger partial charge in [0.25, 0.3) is 0 Å². The lowest BCUT2D eigenvalue weighted by molar-refractivity contribution is -0.138. The number of allylic oxidation sites excluding steroid dienone is 1. The largest absolute Gasteiger partial charge is 0.464 e. The molecule has 23 heavy (non-hydrogen) atoms. The summed E-state index contributed by atoms with van der Waals surface area (Å²) in [5.41, 5.74) is 1.56. The normalized spacial score (nSPS) is 11.1. The molecule has 2 N–H and O–H groups in total. The Morgan fingerprint density at radius 1 is 1.13 bits per heavy atom. The summed E-state index contributed by atoms with van der Waals surface area (Å²) < 4.78 is 4.62. The van der Waals surface area contributed by atoms with Gasteiger partial charge in [0.15, 0.2) is 0 Å². The Labute approximate surface area is 135 Å². The third-order valence-electron chi connectivity index (χ3n) is 3.12. The quantitative estimate of drug-likeness (QED) is 0.612. The Balaban J connectivity index is 2.61. The van der Waals surface area contributed by atoms with Crippen LogP contribution in [0, 0.1) is 0 Å². The van der Waals surface area contributed by atoms with Gasteiger partial charge in [-0.05, 0) is 31.9 Å². The molecule has 2 amide bonds. The first-order chi connectivity index (χ1) is 10.8. The summed E-state index contributed by atoms with van der Waals surface area (Å²) in [6, 6.07) is 8.45. The van der Waals surface area contributed by atoms with Gasteiger partial charge in [-0.1, -0.05) is 30.3 Å². The molecule has 1 aromatic rings. The van der Waals surface area contributed by atoms with E-state index in [1.54, 1.807) is 20.8 Å². The van der Waals surface area contributed by atoms with E-state index in [-0.39, 0.29) is 18.0 Å². The summed E-state index contributed by atoms with van der Waals surface area (Å²) in [5, 5.41) is 5.09. The molecule has 0 aliphatic carbocycles. The van der Waals surface area contributed by atoms with Gasteiger partial charge in [-0.3, -0.25) is 9.59 Å². The summed E-state index contributed by atoms with van der Waals surface area (Å²) >= 11 is 0. The van der Waals surface area contributed by atoms with E-state index >= 15 is 0 Å². The average molecular weight is 318 g/mol. The molecule has 1 aromatic carbocycles. The van der Waals surface area contributed by atoms with Crippen molar-refractivity contribution in [3.8, 4) is 0 Å². The fourth-order valence-corrected chi connectivity index (χ4v) is 1.85. The SMILES string of the molecule is COC(=O)C(NC(=O)[C@H](C)NC(=O)Cc1ccccc1)=C(C)C. The second-order valence-corrected chi connectivity index (χ2v) is 5.31. The van der Waals surface area contributed by atoms with Gasteiger partial charge in [-0.25, -0.2) is 4.79 Å². The van der Waals surface area contributed by atoms with Crippen LogP contribution in [0.1, 0.15) is 26.3 Å². The van der Waals surface area contributed by atoms with Crippen LogP contribution in [0.5, 0.6) is 0 Å². The number of carbonyl (C=O) groups is 3. The molecule has 0 fully saturated rings. The summed E-state index contributed by atoms with van der Waals surface area (Å²) in [6.07, 6.45) is 0.185. The van der Waals surface area contributed by atoms with Crippen LogP contribution >= 0.6 is 0 Å². The fourth-order valence-electron chi connectivity index (χ4n) is 1.85. The summed E-state index contributed by atoms with van der Waals surface area (Å²) in [6.45, 7) is 4.93. The molecule has 0 aliphatic heterocycles. The highest BCUT2D eigenvalue weighted by molar-refractivity contribution is 5.97. The second-order valence-electron chi connectivity index (χ2n) is 5.31. The van der Waals surface area contributed by atoms with Crippen molar-refractivity contribution >= 4 is 17.8 Å². The van der Waals surface area contributed by atoms with Crippen molar-refractivity contribution in [3.05, 3.63) is 47.2 Å². The maximum Gasteiger partial charge on any atom is 0.354 e. The third-order valence-corrected chi connectivity index (χ3v) is 3.12. The van der Waals surface area contributed by atoms with Gasteiger partial charge in [-0.15, -0.1) is 0 Å². The number of methoxy groups -OCH3 is 1. The van der Waals surface area contributed by atoms with E-state index in [9.17, 15) is 14.4 Å². The first-order valence-electron chi connectivity index (χ1n) is 7.25. The molecule has 0 aliphatic rings. The van der Waals surface area contributed by atoms with Crippen molar-refractivity contribution in [3.63, 3.8) is 0 Å². The zero-order valence-corrected chi connectivity index (χ0v) is 13.8. The van der Waals surface area contributed by atoms with Crippen molar-refractivity contribution in [2.24, 2.45) is 0 Å². The predicted octanol–water partition coefficient (Wildman–Crippen LogP) is 1.32. The van der Waals surface area contributed by atoms with Crippen LogP contribution in [0.3, 0.4) is 0 Å². The molecule has 124 valence electrons. The highest BCUT2D eigenvalue weighted by Gasteiger charge is 2.20. The zero-order valence-electron chi connectivity index (χ0n) is 13.8. The smallest absolute Gasteiger partial charge is 0.354 e. The molecule has 1 rings (SSSR count). The molecule has 6 nitrogen and oxygen atoms in total. The van der Waals surface area contributed by atoms with Crippen LogP contribution in [-0.4, -0.2) is 30.9 Å². The van der Waals surface area contributed by atoms with Crippen molar-refractivity contribution in [2.75, 3.05) is 7.11 Å². The second kappa shape index (κ2) is 8.73. The minimum Gasteiger partial charge on any atom is -0.464 e. The monoisotopic (exact) mass is 318 g/mol. The molecule has 6 heteroatoms. The van der Waals surface area contributed by atoms with Gasteiger partial charge in [0.1, 0.15) is 11.7 Å². The average Bonchev–Trinajstić information content (AvgIpc) is 2.52. The van der Waals surface area contributed by atoms with E-state index in [4.69, 9.17) is 0 Å². The Morgan fingerprint density at radius 3 is 2.26 bits per heavy atom. The van der Waals surface area contributed by atoms with Gasteiger partial charge >= 0.3 is 5.97 Å². The van der Waals surface area contributed by atoms with Crippen molar-refractivity contribution in [1.82, 2.24) is 10.6 Å². The molecule has 0 bridgehead atoms. The standard InChI is InChI=1S/C17H22N2O4/c1-11(2)15(17(22)23-4)19-16(21)12(3)18-14(20)10-13-8-6-5-7-9-13/h5-9,12H,10H2,1-4H3,(H,18,20)(H,19,21)/t12-/m0/s1. The molecule has 1 atom stereocenters. The molecule has 0 unspecified atom stereocenters. The van der Waals surface area contributed by atoms with Gasteiger partial charge < -0.3 is 15.4 Å². The number of esters is 1. The lowest BCUT2D eigenvalue weighted by Gasteiger charge is -2.16. The Morgan fingerprint density at radius 2 is 1.74 bits per heavy atom. The molecule has 0 spiro atoms.